The number of hydrogen-bond acceptors (Lipinski definition) is 2. The molecule has 6 aromatic carbocycles. The van der Waals surface area contributed by atoms with Crippen molar-refractivity contribution in [2.45, 2.75) is 19.3 Å². The second-order valence-electron chi connectivity index (χ2n) is 12.7. The highest BCUT2D eigenvalue weighted by atomic mass is 16.3. The summed E-state index contributed by atoms with van der Waals surface area (Å²) in [5, 5.41) is 1.04. The highest BCUT2D eigenvalue weighted by Crippen LogP contribution is 2.50. The largest absolute Gasteiger partial charge is 0.455 e. The molecule has 0 bridgehead atoms. The van der Waals surface area contributed by atoms with Crippen molar-refractivity contribution in [3.05, 3.63) is 175 Å². The van der Waals surface area contributed by atoms with Crippen LogP contribution < -0.4 is 4.90 Å². The molecular formula is C45H35NO. The smallest absolute Gasteiger partial charge is 0.143 e. The summed E-state index contributed by atoms with van der Waals surface area (Å²) in [6.45, 7) is 12.6. The van der Waals surface area contributed by atoms with Crippen LogP contribution in [-0.4, -0.2) is 0 Å². The third-order valence-electron chi connectivity index (χ3n) is 9.67. The van der Waals surface area contributed by atoms with Crippen LogP contribution in [0.25, 0.3) is 56.5 Å². The van der Waals surface area contributed by atoms with Crippen molar-refractivity contribution in [2.24, 2.45) is 0 Å². The van der Waals surface area contributed by atoms with Gasteiger partial charge in [-0.1, -0.05) is 136 Å². The van der Waals surface area contributed by atoms with E-state index in [1.54, 1.807) is 6.08 Å². The number of anilines is 3. The molecule has 226 valence electrons. The first-order chi connectivity index (χ1) is 23.0. The Morgan fingerprint density at radius 3 is 1.83 bits per heavy atom. The van der Waals surface area contributed by atoms with Crippen molar-refractivity contribution in [1.82, 2.24) is 0 Å². The third kappa shape index (κ3) is 4.64. The number of nitrogens with zero attached hydrogens (tertiary/aromatic N) is 1. The molecule has 0 N–H and O–H groups in total. The zero-order valence-electron chi connectivity index (χ0n) is 26.7. The molecule has 0 fully saturated rings. The Bertz CT molecular complexity index is 2290. The molecule has 0 saturated carbocycles. The maximum atomic E-state index is 6.28. The molecule has 0 radical (unpaired) electrons. The number of hydrogen-bond donors (Lipinski definition) is 0. The van der Waals surface area contributed by atoms with Gasteiger partial charge in [0.1, 0.15) is 11.3 Å². The maximum Gasteiger partial charge on any atom is 0.143 e. The molecule has 47 heavy (non-hydrogen) atoms. The minimum atomic E-state index is -0.0923. The van der Waals surface area contributed by atoms with Crippen LogP contribution in [0.5, 0.6) is 0 Å². The standard InChI is InChI=1S/C45H35NO/c1-5-36-40-17-12-16-37(44(40)47-43(36)6-2)32-21-25-34(26-22-32)46(33-23-19-31(20-24-33)30-13-8-7-9-14-30)35-27-28-39-38-15-10-11-18-41(38)45(3,4)42(39)29-35/h5-29H,1-2H2,3-4H3. The molecule has 0 saturated heterocycles. The van der Waals surface area contributed by atoms with Crippen LogP contribution in [0.15, 0.2) is 157 Å². The average molecular weight is 606 g/mol. The number of para-hydroxylation sites is 1. The van der Waals surface area contributed by atoms with Crippen molar-refractivity contribution in [3.8, 4) is 33.4 Å². The molecule has 8 rings (SSSR count). The minimum absolute atomic E-state index is 0.0923. The van der Waals surface area contributed by atoms with E-state index in [2.05, 4.69) is 171 Å². The van der Waals surface area contributed by atoms with Crippen molar-refractivity contribution >= 4 is 40.2 Å². The first-order valence-electron chi connectivity index (χ1n) is 16.1. The third-order valence-corrected chi connectivity index (χ3v) is 9.67. The fraction of sp³-hybridized carbons (Fsp3) is 0.0667. The minimum Gasteiger partial charge on any atom is -0.455 e. The highest BCUT2D eigenvalue weighted by Gasteiger charge is 2.35. The van der Waals surface area contributed by atoms with Gasteiger partial charge in [-0.2, -0.15) is 0 Å². The van der Waals surface area contributed by atoms with E-state index in [-0.39, 0.29) is 5.41 Å². The van der Waals surface area contributed by atoms with Gasteiger partial charge in [0.2, 0.25) is 0 Å². The molecule has 1 aliphatic rings. The zero-order chi connectivity index (χ0) is 32.1. The van der Waals surface area contributed by atoms with E-state index in [4.69, 9.17) is 4.42 Å². The summed E-state index contributed by atoms with van der Waals surface area (Å²) in [6.07, 6.45) is 3.59. The molecule has 1 aliphatic carbocycles. The maximum absolute atomic E-state index is 6.28. The first-order valence-corrected chi connectivity index (χ1v) is 16.1. The van der Waals surface area contributed by atoms with Gasteiger partial charge in [0.05, 0.1) is 0 Å². The van der Waals surface area contributed by atoms with Crippen LogP contribution in [0.4, 0.5) is 17.1 Å². The van der Waals surface area contributed by atoms with Crippen LogP contribution >= 0.6 is 0 Å². The molecule has 7 aromatic rings. The summed E-state index contributed by atoms with van der Waals surface area (Å²) in [5.41, 5.74) is 14.9. The normalized spacial score (nSPS) is 12.8. The van der Waals surface area contributed by atoms with Crippen molar-refractivity contribution < 1.29 is 4.42 Å². The van der Waals surface area contributed by atoms with Crippen molar-refractivity contribution in [3.63, 3.8) is 0 Å². The van der Waals surface area contributed by atoms with E-state index in [9.17, 15) is 0 Å². The monoisotopic (exact) mass is 605 g/mol. The fourth-order valence-corrected chi connectivity index (χ4v) is 7.25. The van der Waals surface area contributed by atoms with E-state index in [1.807, 2.05) is 6.08 Å². The second kappa shape index (κ2) is 11.2. The summed E-state index contributed by atoms with van der Waals surface area (Å²) < 4.78 is 6.28. The van der Waals surface area contributed by atoms with Gasteiger partial charge in [-0.05, 0) is 81.4 Å². The quantitative estimate of drug-likeness (QED) is 0.180. The Hall–Kier alpha value is -5.86. The van der Waals surface area contributed by atoms with E-state index < -0.39 is 0 Å². The van der Waals surface area contributed by atoms with Gasteiger partial charge in [0, 0.05) is 39.0 Å². The predicted octanol–water partition coefficient (Wildman–Crippen LogP) is 12.8. The molecule has 1 aromatic heterocycles. The van der Waals surface area contributed by atoms with Gasteiger partial charge in [-0.3, -0.25) is 0 Å². The lowest BCUT2D eigenvalue weighted by Crippen LogP contribution is -2.16. The van der Waals surface area contributed by atoms with Crippen LogP contribution in [0, 0.1) is 0 Å². The molecule has 0 spiro atoms. The lowest BCUT2D eigenvalue weighted by Gasteiger charge is -2.28. The van der Waals surface area contributed by atoms with Gasteiger partial charge in [-0.15, -0.1) is 0 Å². The summed E-state index contributed by atoms with van der Waals surface area (Å²) in [6, 6.07) is 50.2. The van der Waals surface area contributed by atoms with Crippen LogP contribution in [0.2, 0.25) is 0 Å². The SMILES string of the molecule is C=Cc1oc2c(-c3ccc(N(c4ccc(-c5ccccc5)cc4)c4ccc5c(c4)C(C)(C)c4ccccc4-5)cc3)cccc2c1C=C. The second-order valence-corrected chi connectivity index (χ2v) is 12.7. The van der Waals surface area contributed by atoms with Gasteiger partial charge in [-0.25, -0.2) is 0 Å². The fourth-order valence-electron chi connectivity index (χ4n) is 7.25. The van der Waals surface area contributed by atoms with E-state index in [1.165, 1.54) is 33.4 Å². The topological polar surface area (TPSA) is 16.4 Å². The zero-order valence-corrected chi connectivity index (χ0v) is 26.7. The van der Waals surface area contributed by atoms with Gasteiger partial charge >= 0.3 is 0 Å². The summed E-state index contributed by atoms with van der Waals surface area (Å²) in [7, 11) is 0. The van der Waals surface area contributed by atoms with E-state index >= 15 is 0 Å². The Kier molecular flexibility index (Phi) is 6.81. The molecule has 0 atom stereocenters. The first kappa shape index (κ1) is 28.6. The van der Waals surface area contributed by atoms with E-state index in [0.29, 0.717) is 0 Å². The van der Waals surface area contributed by atoms with Crippen LogP contribution in [0.3, 0.4) is 0 Å². The molecule has 0 aliphatic heterocycles. The predicted molar refractivity (Wildman–Crippen MR) is 200 cm³/mol. The number of fused-ring (bicyclic) bond motifs is 4. The summed E-state index contributed by atoms with van der Waals surface area (Å²) >= 11 is 0. The summed E-state index contributed by atoms with van der Waals surface area (Å²) in [5.74, 6) is 0.742. The Morgan fingerprint density at radius 1 is 0.532 bits per heavy atom. The highest BCUT2D eigenvalue weighted by molar-refractivity contribution is 5.99. The van der Waals surface area contributed by atoms with Gasteiger partial charge < -0.3 is 9.32 Å². The lowest BCUT2D eigenvalue weighted by molar-refractivity contribution is 0.604. The number of benzene rings is 6. The van der Waals surface area contributed by atoms with Gasteiger partial charge in [0.25, 0.3) is 0 Å². The van der Waals surface area contributed by atoms with Gasteiger partial charge in [0.15, 0.2) is 0 Å². The van der Waals surface area contributed by atoms with Crippen LogP contribution in [0.1, 0.15) is 36.3 Å². The Balaban J connectivity index is 1.24. The molecule has 0 amide bonds. The lowest BCUT2D eigenvalue weighted by atomic mass is 9.82. The average Bonchev–Trinajstić information content (AvgIpc) is 3.61. The van der Waals surface area contributed by atoms with E-state index in [0.717, 1.165) is 50.5 Å². The van der Waals surface area contributed by atoms with Crippen molar-refractivity contribution in [1.29, 1.82) is 0 Å². The molecule has 2 nitrogen and oxygen atoms in total. The Labute approximate surface area is 276 Å². The number of rotatable bonds is 7. The molecule has 1 heterocycles. The van der Waals surface area contributed by atoms with Crippen molar-refractivity contribution in [2.75, 3.05) is 4.90 Å². The molecular weight excluding hydrogens is 571 g/mol. The molecule has 0 unspecified atom stereocenters. The van der Waals surface area contributed by atoms with Crippen LogP contribution in [-0.2, 0) is 5.41 Å². The summed E-state index contributed by atoms with van der Waals surface area (Å²) in [4.78, 5) is 2.36. The Morgan fingerprint density at radius 2 is 1.13 bits per heavy atom. The molecule has 2 heteroatoms. The number of furan rings is 1.